The van der Waals surface area contributed by atoms with E-state index < -0.39 is 6.10 Å². The van der Waals surface area contributed by atoms with Crippen LogP contribution in [-0.2, 0) is 4.79 Å². The predicted octanol–water partition coefficient (Wildman–Crippen LogP) is 4.47. The van der Waals surface area contributed by atoms with Gasteiger partial charge in [-0.25, -0.2) is 4.63 Å². The molecular weight excluding hydrogens is 370 g/mol. The van der Waals surface area contributed by atoms with Crippen molar-refractivity contribution in [2.24, 2.45) is 0 Å². The van der Waals surface area contributed by atoms with E-state index in [2.05, 4.69) is 15.6 Å². The summed E-state index contributed by atoms with van der Waals surface area (Å²) < 4.78 is 16.2. The van der Waals surface area contributed by atoms with E-state index in [4.69, 9.17) is 14.1 Å². The highest BCUT2D eigenvalue weighted by molar-refractivity contribution is 5.96. The summed E-state index contributed by atoms with van der Waals surface area (Å²) in [5.41, 5.74) is 4.44. The standard InChI is InChI=1S/C22H25N3O4/c1-6-27-19-10-8-17(11-15(19)4)20-21(25-29-24-20)23-22(26)16(5)28-18-9-7-13(2)14(3)12-18/h7-12,16H,6H2,1-5H3,(H,23,25,26)/t16-/m1/s1. The second kappa shape index (κ2) is 8.77. The minimum absolute atomic E-state index is 0.245. The van der Waals surface area contributed by atoms with Crippen LogP contribution in [0.2, 0.25) is 0 Å². The second-order valence-corrected chi connectivity index (χ2v) is 6.87. The summed E-state index contributed by atoms with van der Waals surface area (Å²) in [6.07, 6.45) is -0.719. The molecule has 0 aliphatic carbocycles. The van der Waals surface area contributed by atoms with E-state index in [1.165, 1.54) is 5.56 Å². The third kappa shape index (κ3) is 4.74. The molecule has 0 spiro atoms. The first-order chi connectivity index (χ1) is 13.9. The molecule has 152 valence electrons. The van der Waals surface area contributed by atoms with Gasteiger partial charge < -0.3 is 14.8 Å². The first-order valence-corrected chi connectivity index (χ1v) is 9.50. The quantitative estimate of drug-likeness (QED) is 0.635. The Hall–Kier alpha value is -3.35. The number of aryl methyl sites for hydroxylation is 3. The average molecular weight is 395 g/mol. The molecule has 3 rings (SSSR count). The van der Waals surface area contributed by atoms with Crippen LogP contribution in [0.5, 0.6) is 11.5 Å². The normalized spacial score (nSPS) is 11.8. The Labute approximate surface area is 170 Å². The molecule has 0 saturated heterocycles. The van der Waals surface area contributed by atoms with E-state index in [1.54, 1.807) is 6.92 Å². The Morgan fingerprint density at radius 2 is 1.86 bits per heavy atom. The highest BCUT2D eigenvalue weighted by Gasteiger charge is 2.21. The predicted molar refractivity (Wildman–Crippen MR) is 110 cm³/mol. The third-order valence-electron chi connectivity index (χ3n) is 4.64. The number of ether oxygens (including phenoxy) is 2. The van der Waals surface area contributed by atoms with E-state index in [-0.39, 0.29) is 11.7 Å². The SMILES string of the molecule is CCOc1ccc(-c2nonc2NC(=O)[C@@H](C)Oc2ccc(C)c(C)c2)cc1C. The Bertz CT molecular complexity index is 1010. The van der Waals surface area contributed by atoms with Gasteiger partial charge >= 0.3 is 0 Å². The molecule has 0 aliphatic rings. The van der Waals surface area contributed by atoms with Gasteiger partial charge in [-0.15, -0.1) is 0 Å². The molecular formula is C22H25N3O4. The number of carbonyl (C=O) groups excluding carboxylic acids is 1. The van der Waals surface area contributed by atoms with Gasteiger partial charge in [0.25, 0.3) is 5.91 Å². The van der Waals surface area contributed by atoms with Crippen molar-refractivity contribution in [3.63, 3.8) is 0 Å². The zero-order valence-corrected chi connectivity index (χ0v) is 17.3. The van der Waals surface area contributed by atoms with Gasteiger partial charge in [0.05, 0.1) is 6.61 Å². The summed E-state index contributed by atoms with van der Waals surface area (Å²) in [5.74, 6) is 1.34. The largest absolute Gasteiger partial charge is 0.494 e. The van der Waals surface area contributed by atoms with Crippen LogP contribution in [0.1, 0.15) is 30.5 Å². The lowest BCUT2D eigenvalue weighted by Gasteiger charge is -2.15. The van der Waals surface area contributed by atoms with Crippen LogP contribution in [0.15, 0.2) is 41.0 Å². The molecule has 1 N–H and O–H groups in total. The zero-order chi connectivity index (χ0) is 21.0. The molecule has 2 aromatic carbocycles. The molecule has 1 heterocycles. The number of hydrogen-bond donors (Lipinski definition) is 1. The number of benzene rings is 2. The van der Waals surface area contributed by atoms with E-state index in [0.717, 1.165) is 22.4 Å². The third-order valence-corrected chi connectivity index (χ3v) is 4.64. The van der Waals surface area contributed by atoms with E-state index >= 15 is 0 Å². The van der Waals surface area contributed by atoms with Gasteiger partial charge in [-0.05, 0) is 92.0 Å². The lowest BCUT2D eigenvalue weighted by Crippen LogP contribution is -2.30. The van der Waals surface area contributed by atoms with Crippen LogP contribution < -0.4 is 14.8 Å². The van der Waals surface area contributed by atoms with Crippen LogP contribution in [-0.4, -0.2) is 28.9 Å². The second-order valence-electron chi connectivity index (χ2n) is 6.87. The van der Waals surface area contributed by atoms with Crippen molar-refractivity contribution in [3.05, 3.63) is 53.1 Å². The van der Waals surface area contributed by atoms with Gasteiger partial charge in [0, 0.05) is 5.56 Å². The molecule has 1 amide bonds. The van der Waals surface area contributed by atoms with Crippen molar-refractivity contribution in [1.82, 2.24) is 10.3 Å². The van der Waals surface area contributed by atoms with E-state index in [1.807, 2.05) is 64.1 Å². The van der Waals surface area contributed by atoms with Crippen molar-refractivity contribution in [1.29, 1.82) is 0 Å². The topological polar surface area (TPSA) is 86.5 Å². The Kier molecular flexibility index (Phi) is 6.16. The summed E-state index contributed by atoms with van der Waals surface area (Å²) in [6.45, 7) is 10.2. The average Bonchev–Trinajstić information content (AvgIpc) is 3.14. The number of amides is 1. The maximum Gasteiger partial charge on any atom is 0.266 e. The molecule has 0 aliphatic heterocycles. The van der Waals surface area contributed by atoms with Gasteiger partial charge in [0.15, 0.2) is 11.8 Å². The highest BCUT2D eigenvalue weighted by atomic mass is 16.6. The molecule has 1 aromatic heterocycles. The Morgan fingerprint density at radius 1 is 1.07 bits per heavy atom. The van der Waals surface area contributed by atoms with Gasteiger partial charge in [-0.2, -0.15) is 0 Å². The van der Waals surface area contributed by atoms with Crippen LogP contribution in [0.3, 0.4) is 0 Å². The zero-order valence-electron chi connectivity index (χ0n) is 17.3. The number of carbonyl (C=O) groups is 1. The van der Waals surface area contributed by atoms with Crippen molar-refractivity contribution < 1.29 is 18.9 Å². The molecule has 29 heavy (non-hydrogen) atoms. The number of hydrogen-bond acceptors (Lipinski definition) is 6. The van der Waals surface area contributed by atoms with Crippen LogP contribution in [0.25, 0.3) is 11.3 Å². The fraction of sp³-hybridized carbons (Fsp3) is 0.318. The Morgan fingerprint density at radius 3 is 2.55 bits per heavy atom. The minimum Gasteiger partial charge on any atom is -0.494 e. The first-order valence-electron chi connectivity index (χ1n) is 9.50. The van der Waals surface area contributed by atoms with Gasteiger partial charge in [-0.1, -0.05) is 6.07 Å². The maximum atomic E-state index is 12.6. The molecule has 7 nitrogen and oxygen atoms in total. The van der Waals surface area contributed by atoms with Gasteiger partial charge in [0.1, 0.15) is 11.5 Å². The lowest BCUT2D eigenvalue weighted by atomic mass is 10.1. The first kappa shape index (κ1) is 20.4. The van der Waals surface area contributed by atoms with Crippen molar-refractivity contribution in [3.8, 4) is 22.8 Å². The van der Waals surface area contributed by atoms with E-state index in [9.17, 15) is 4.79 Å². The molecule has 0 unspecified atom stereocenters. The summed E-state index contributed by atoms with van der Waals surface area (Å²) in [5, 5.41) is 10.5. The summed E-state index contributed by atoms with van der Waals surface area (Å²) in [6, 6.07) is 11.3. The molecule has 0 fully saturated rings. The van der Waals surface area contributed by atoms with E-state index in [0.29, 0.717) is 18.1 Å². The molecule has 1 atom stereocenters. The minimum atomic E-state index is -0.719. The highest BCUT2D eigenvalue weighted by Crippen LogP contribution is 2.29. The van der Waals surface area contributed by atoms with Gasteiger partial charge in [0.2, 0.25) is 5.82 Å². The lowest BCUT2D eigenvalue weighted by molar-refractivity contribution is -0.122. The maximum absolute atomic E-state index is 12.6. The molecule has 7 heteroatoms. The van der Waals surface area contributed by atoms with Crippen molar-refractivity contribution in [2.75, 3.05) is 11.9 Å². The number of aromatic nitrogens is 2. The molecule has 0 saturated carbocycles. The van der Waals surface area contributed by atoms with Crippen molar-refractivity contribution >= 4 is 11.7 Å². The Balaban J connectivity index is 1.72. The van der Waals surface area contributed by atoms with Crippen LogP contribution >= 0.6 is 0 Å². The fourth-order valence-corrected chi connectivity index (χ4v) is 2.84. The number of anilines is 1. The fourth-order valence-electron chi connectivity index (χ4n) is 2.84. The summed E-state index contributed by atoms with van der Waals surface area (Å²) in [7, 11) is 0. The monoisotopic (exact) mass is 395 g/mol. The number of rotatable bonds is 7. The molecule has 3 aromatic rings. The van der Waals surface area contributed by atoms with Crippen LogP contribution in [0, 0.1) is 20.8 Å². The molecule has 0 bridgehead atoms. The number of nitrogens with zero attached hydrogens (tertiary/aromatic N) is 2. The smallest absolute Gasteiger partial charge is 0.266 e. The van der Waals surface area contributed by atoms with Gasteiger partial charge in [-0.3, -0.25) is 4.79 Å². The summed E-state index contributed by atoms with van der Waals surface area (Å²) >= 11 is 0. The van der Waals surface area contributed by atoms with Crippen molar-refractivity contribution in [2.45, 2.75) is 40.7 Å². The molecule has 0 radical (unpaired) electrons. The number of nitrogens with one attached hydrogen (secondary N) is 1. The summed E-state index contributed by atoms with van der Waals surface area (Å²) in [4.78, 5) is 12.6. The van der Waals surface area contributed by atoms with Crippen LogP contribution in [0.4, 0.5) is 5.82 Å².